The van der Waals surface area contributed by atoms with Crippen LogP contribution in [0.4, 0.5) is 0 Å². The fourth-order valence-corrected chi connectivity index (χ4v) is 1.30. The zero-order valence-corrected chi connectivity index (χ0v) is 8.22. The summed E-state index contributed by atoms with van der Waals surface area (Å²) < 4.78 is 4.95. The number of hydrogen-bond donors (Lipinski definition) is 0. The molecule has 0 unspecified atom stereocenters. The van der Waals surface area contributed by atoms with Crippen LogP contribution in [-0.4, -0.2) is 12.1 Å². The minimum atomic E-state index is 0.249. The first-order valence-corrected chi connectivity index (χ1v) is 4.24. The molecule has 0 aliphatic rings. The van der Waals surface area contributed by atoms with E-state index in [4.69, 9.17) is 21.6 Å². The van der Waals surface area contributed by atoms with Crippen LogP contribution in [0.15, 0.2) is 6.07 Å². The number of aryl methyl sites for hydroxylation is 1. The molecular formula is C9H9ClN2O. The summed E-state index contributed by atoms with van der Waals surface area (Å²) in [5, 5.41) is 9.03. The van der Waals surface area contributed by atoms with Gasteiger partial charge in [0, 0.05) is 5.69 Å². The van der Waals surface area contributed by atoms with Gasteiger partial charge >= 0.3 is 0 Å². The quantitative estimate of drug-likeness (QED) is 0.682. The number of methoxy groups -OCH3 is 1. The van der Waals surface area contributed by atoms with Crippen LogP contribution in [0, 0.1) is 11.3 Å². The maximum Gasteiger partial charge on any atom is 0.173 e. The highest BCUT2D eigenvalue weighted by Gasteiger charge is 2.10. The lowest BCUT2D eigenvalue weighted by molar-refractivity contribution is 0.411. The van der Waals surface area contributed by atoms with Crippen molar-refractivity contribution in [2.75, 3.05) is 7.11 Å². The van der Waals surface area contributed by atoms with Gasteiger partial charge in [0.05, 0.1) is 12.7 Å². The van der Waals surface area contributed by atoms with Gasteiger partial charge in [-0.05, 0) is 12.5 Å². The Hall–Kier alpha value is -1.27. The first-order valence-electron chi connectivity index (χ1n) is 3.86. The summed E-state index contributed by atoms with van der Waals surface area (Å²) in [4.78, 5) is 4.06. The highest BCUT2D eigenvalue weighted by atomic mass is 35.5. The molecule has 0 fully saturated rings. The van der Waals surface area contributed by atoms with E-state index in [9.17, 15) is 0 Å². The molecule has 0 bridgehead atoms. The average molecular weight is 197 g/mol. The molecule has 1 aromatic rings. The van der Waals surface area contributed by atoms with Crippen molar-refractivity contribution in [3.05, 3.63) is 22.5 Å². The molecule has 0 saturated carbocycles. The molecule has 13 heavy (non-hydrogen) atoms. The molecule has 0 aromatic carbocycles. The van der Waals surface area contributed by atoms with Gasteiger partial charge in [-0.25, -0.2) is 4.98 Å². The van der Waals surface area contributed by atoms with Crippen LogP contribution in [0.25, 0.3) is 0 Å². The number of nitriles is 1. The Balaban J connectivity index is 3.31. The fourth-order valence-electron chi connectivity index (χ4n) is 1.01. The molecule has 0 N–H and O–H groups in total. The first kappa shape index (κ1) is 9.82. The van der Waals surface area contributed by atoms with Gasteiger partial charge in [-0.1, -0.05) is 18.5 Å². The molecule has 0 aliphatic carbocycles. The molecule has 1 heterocycles. The van der Waals surface area contributed by atoms with Crippen LogP contribution in [0.1, 0.15) is 18.2 Å². The molecule has 0 aliphatic heterocycles. The van der Waals surface area contributed by atoms with E-state index in [1.807, 2.05) is 13.0 Å². The third-order valence-corrected chi connectivity index (χ3v) is 1.93. The lowest BCUT2D eigenvalue weighted by Gasteiger charge is -2.05. The van der Waals surface area contributed by atoms with E-state index in [1.54, 1.807) is 6.07 Å². The average Bonchev–Trinajstić information content (AvgIpc) is 2.16. The Morgan fingerprint density at radius 1 is 1.69 bits per heavy atom. The Kier molecular flexibility index (Phi) is 3.10. The number of ether oxygens (including phenoxy) is 1. The summed E-state index contributed by atoms with van der Waals surface area (Å²) in [5.74, 6) is 0.348. The maximum absolute atomic E-state index is 8.78. The smallest absolute Gasteiger partial charge is 0.173 e. The third kappa shape index (κ3) is 1.90. The normalized spacial score (nSPS) is 9.38. The summed E-state index contributed by atoms with van der Waals surface area (Å²) in [6.45, 7) is 1.95. The molecule has 3 nitrogen and oxygen atoms in total. The van der Waals surface area contributed by atoms with E-state index in [2.05, 4.69) is 4.98 Å². The summed E-state index contributed by atoms with van der Waals surface area (Å²) >= 11 is 5.80. The zero-order chi connectivity index (χ0) is 9.84. The van der Waals surface area contributed by atoms with Crippen molar-refractivity contribution in [2.45, 2.75) is 13.3 Å². The van der Waals surface area contributed by atoms with Gasteiger partial charge in [0.1, 0.15) is 6.07 Å². The van der Waals surface area contributed by atoms with Crippen molar-refractivity contribution in [3.63, 3.8) is 0 Å². The van der Waals surface area contributed by atoms with Gasteiger partial charge in [-0.3, -0.25) is 0 Å². The van der Waals surface area contributed by atoms with Crippen molar-refractivity contribution in [2.24, 2.45) is 0 Å². The van der Waals surface area contributed by atoms with E-state index < -0.39 is 0 Å². The van der Waals surface area contributed by atoms with E-state index in [0.717, 1.165) is 12.1 Å². The SMILES string of the molecule is CCc1cc(C#N)c(OC)c(Cl)n1. The van der Waals surface area contributed by atoms with Crippen molar-refractivity contribution in [1.29, 1.82) is 5.26 Å². The number of pyridine rings is 1. The van der Waals surface area contributed by atoms with Gasteiger partial charge in [-0.15, -0.1) is 0 Å². The van der Waals surface area contributed by atoms with Crippen molar-refractivity contribution >= 4 is 11.6 Å². The molecule has 1 aromatic heterocycles. The zero-order valence-electron chi connectivity index (χ0n) is 7.47. The summed E-state index contributed by atoms with van der Waals surface area (Å²) in [6, 6.07) is 3.70. The Bertz CT molecular complexity index is 357. The second-order valence-electron chi connectivity index (χ2n) is 2.45. The van der Waals surface area contributed by atoms with Gasteiger partial charge < -0.3 is 4.74 Å². The predicted molar refractivity (Wildman–Crippen MR) is 49.9 cm³/mol. The Labute approximate surface area is 81.9 Å². The number of halogens is 1. The molecule has 0 saturated heterocycles. The lowest BCUT2D eigenvalue weighted by Crippen LogP contribution is -1.95. The van der Waals surface area contributed by atoms with Crippen LogP contribution >= 0.6 is 11.6 Å². The minimum absolute atomic E-state index is 0.249. The fraction of sp³-hybridized carbons (Fsp3) is 0.333. The molecular weight excluding hydrogens is 188 g/mol. The second kappa shape index (κ2) is 4.11. The van der Waals surface area contributed by atoms with Crippen molar-refractivity contribution < 1.29 is 4.74 Å². The third-order valence-electron chi connectivity index (χ3n) is 1.67. The Morgan fingerprint density at radius 2 is 2.38 bits per heavy atom. The van der Waals surface area contributed by atoms with Crippen LogP contribution in [0.2, 0.25) is 5.15 Å². The van der Waals surface area contributed by atoms with Gasteiger partial charge in [0.15, 0.2) is 10.9 Å². The topological polar surface area (TPSA) is 45.9 Å². The summed E-state index contributed by atoms with van der Waals surface area (Å²) in [7, 11) is 1.47. The number of rotatable bonds is 2. The number of nitrogens with zero attached hydrogens (tertiary/aromatic N) is 2. The lowest BCUT2D eigenvalue weighted by atomic mass is 10.2. The van der Waals surface area contributed by atoms with Gasteiger partial charge in [0.25, 0.3) is 0 Å². The van der Waals surface area contributed by atoms with E-state index >= 15 is 0 Å². The van der Waals surface area contributed by atoms with Crippen LogP contribution in [0.5, 0.6) is 5.75 Å². The van der Waals surface area contributed by atoms with Gasteiger partial charge in [-0.2, -0.15) is 5.26 Å². The van der Waals surface area contributed by atoms with Gasteiger partial charge in [0.2, 0.25) is 0 Å². The van der Waals surface area contributed by atoms with Crippen LogP contribution in [-0.2, 0) is 6.42 Å². The first-order chi connectivity index (χ1) is 6.22. The molecule has 0 atom stereocenters. The summed E-state index contributed by atoms with van der Waals surface area (Å²) in [5.41, 5.74) is 1.22. The van der Waals surface area contributed by atoms with E-state index in [0.29, 0.717) is 11.3 Å². The molecule has 0 amide bonds. The highest BCUT2D eigenvalue weighted by Crippen LogP contribution is 2.26. The standard InChI is InChI=1S/C9H9ClN2O/c1-3-7-4-6(5-11)8(13-2)9(10)12-7/h4H,3H2,1-2H3. The van der Waals surface area contributed by atoms with Crippen molar-refractivity contribution in [3.8, 4) is 11.8 Å². The number of aromatic nitrogens is 1. The monoisotopic (exact) mass is 196 g/mol. The molecule has 1 rings (SSSR count). The minimum Gasteiger partial charge on any atom is -0.492 e. The van der Waals surface area contributed by atoms with E-state index in [-0.39, 0.29) is 5.15 Å². The number of hydrogen-bond acceptors (Lipinski definition) is 3. The summed E-state index contributed by atoms with van der Waals surface area (Å²) in [6.07, 6.45) is 0.748. The van der Waals surface area contributed by atoms with E-state index in [1.165, 1.54) is 7.11 Å². The highest BCUT2D eigenvalue weighted by molar-refractivity contribution is 6.31. The molecule has 68 valence electrons. The Morgan fingerprint density at radius 3 is 2.85 bits per heavy atom. The largest absolute Gasteiger partial charge is 0.492 e. The molecule has 0 radical (unpaired) electrons. The maximum atomic E-state index is 8.78. The second-order valence-corrected chi connectivity index (χ2v) is 2.81. The predicted octanol–water partition coefficient (Wildman–Crippen LogP) is 2.18. The molecule has 4 heteroatoms. The van der Waals surface area contributed by atoms with Crippen LogP contribution < -0.4 is 4.74 Å². The molecule has 0 spiro atoms. The van der Waals surface area contributed by atoms with Crippen molar-refractivity contribution in [1.82, 2.24) is 4.98 Å². The van der Waals surface area contributed by atoms with Crippen LogP contribution in [0.3, 0.4) is 0 Å².